The number of aromatic amines is 1. The highest BCUT2D eigenvalue weighted by Gasteiger charge is 2.16. The lowest BCUT2D eigenvalue weighted by Crippen LogP contribution is -2.15. The molecule has 0 saturated heterocycles. The van der Waals surface area contributed by atoms with E-state index >= 15 is 0 Å². The number of rotatable bonds is 6. The van der Waals surface area contributed by atoms with Crippen LogP contribution in [0.2, 0.25) is 0 Å². The number of aromatic nitrogens is 4. The maximum absolute atomic E-state index is 4.97. The fraction of sp³-hybridized carbons (Fsp3) is 0.0690. The van der Waals surface area contributed by atoms with Gasteiger partial charge in [0.2, 0.25) is 0 Å². The van der Waals surface area contributed by atoms with Gasteiger partial charge in [0, 0.05) is 23.4 Å². The number of fused-ring (bicyclic) bond motifs is 2. The lowest BCUT2D eigenvalue weighted by Gasteiger charge is -2.20. The van der Waals surface area contributed by atoms with Crippen LogP contribution in [0.15, 0.2) is 109 Å². The zero-order valence-electron chi connectivity index (χ0n) is 18.5. The zero-order valence-corrected chi connectivity index (χ0v) is 18.5. The monoisotopic (exact) mass is 441 g/mol. The van der Waals surface area contributed by atoms with Gasteiger partial charge in [-0.3, -0.25) is 0 Å². The summed E-state index contributed by atoms with van der Waals surface area (Å²) in [4.78, 5) is 17.3. The molecule has 0 bridgehead atoms. The zero-order chi connectivity index (χ0) is 22.7. The highest BCUT2D eigenvalue weighted by Crippen LogP contribution is 2.29. The van der Waals surface area contributed by atoms with E-state index in [0.29, 0.717) is 12.4 Å². The lowest BCUT2D eigenvalue weighted by molar-refractivity contribution is 0.849. The molecule has 0 atom stereocenters. The van der Waals surface area contributed by atoms with Gasteiger partial charge in [-0.15, -0.1) is 0 Å². The molecule has 34 heavy (non-hydrogen) atoms. The SMILES string of the molecule is c1ccc(C(CNc2nc(-c3ccc4nc[nH]c4c3)nc3ccccc23)c2ccccc2)cc1. The van der Waals surface area contributed by atoms with Crippen molar-refractivity contribution in [2.75, 3.05) is 11.9 Å². The smallest absolute Gasteiger partial charge is 0.162 e. The Labute approximate surface area is 197 Å². The van der Waals surface area contributed by atoms with Gasteiger partial charge in [0.05, 0.1) is 22.9 Å². The Balaban J connectivity index is 1.40. The minimum absolute atomic E-state index is 0.195. The molecule has 0 aliphatic carbocycles. The van der Waals surface area contributed by atoms with E-state index in [1.807, 2.05) is 36.4 Å². The molecule has 6 rings (SSSR count). The van der Waals surface area contributed by atoms with Crippen molar-refractivity contribution in [1.82, 2.24) is 19.9 Å². The third-order valence-electron chi connectivity index (χ3n) is 6.16. The maximum Gasteiger partial charge on any atom is 0.162 e. The first-order valence-corrected chi connectivity index (χ1v) is 11.4. The predicted molar refractivity (Wildman–Crippen MR) is 138 cm³/mol. The van der Waals surface area contributed by atoms with Crippen molar-refractivity contribution >= 4 is 27.8 Å². The number of para-hydroxylation sites is 1. The second-order valence-corrected chi connectivity index (χ2v) is 8.30. The standard InChI is InChI=1S/C29H23N5/c1-3-9-20(10-4-1)24(21-11-5-2-6-12-21)18-30-29-23-13-7-8-14-25(23)33-28(34-29)22-15-16-26-27(17-22)32-19-31-26/h1-17,19,24H,18H2,(H,31,32)(H,30,33,34). The van der Waals surface area contributed by atoms with Crippen LogP contribution in [0.25, 0.3) is 33.3 Å². The van der Waals surface area contributed by atoms with E-state index < -0.39 is 0 Å². The van der Waals surface area contributed by atoms with Crippen molar-refractivity contribution in [3.63, 3.8) is 0 Å². The molecule has 5 nitrogen and oxygen atoms in total. The van der Waals surface area contributed by atoms with Gasteiger partial charge in [0.25, 0.3) is 0 Å². The van der Waals surface area contributed by atoms with Crippen LogP contribution in [0.5, 0.6) is 0 Å². The van der Waals surface area contributed by atoms with Crippen molar-refractivity contribution in [2.45, 2.75) is 5.92 Å². The number of anilines is 1. The molecule has 0 unspecified atom stereocenters. The van der Waals surface area contributed by atoms with Gasteiger partial charge in [0.15, 0.2) is 5.82 Å². The summed E-state index contributed by atoms with van der Waals surface area (Å²) >= 11 is 0. The number of imidazole rings is 1. The molecule has 4 aromatic carbocycles. The van der Waals surface area contributed by atoms with Gasteiger partial charge >= 0.3 is 0 Å². The Hall–Kier alpha value is -4.51. The minimum atomic E-state index is 0.195. The predicted octanol–water partition coefficient (Wildman–Crippen LogP) is 6.42. The molecule has 5 heteroatoms. The Morgan fingerprint density at radius 2 is 1.41 bits per heavy atom. The molecule has 0 saturated carbocycles. The largest absolute Gasteiger partial charge is 0.368 e. The van der Waals surface area contributed by atoms with Crippen LogP contribution in [0, 0.1) is 0 Å². The summed E-state index contributed by atoms with van der Waals surface area (Å²) in [6.07, 6.45) is 1.70. The average Bonchev–Trinajstić information content (AvgIpc) is 3.38. The molecule has 164 valence electrons. The number of nitrogens with zero attached hydrogens (tertiary/aromatic N) is 3. The van der Waals surface area contributed by atoms with E-state index in [1.165, 1.54) is 11.1 Å². The van der Waals surface area contributed by atoms with Crippen LogP contribution < -0.4 is 5.32 Å². The summed E-state index contributed by atoms with van der Waals surface area (Å²) in [7, 11) is 0. The molecule has 2 aromatic heterocycles. The Kier molecular flexibility index (Phi) is 5.20. The second kappa shape index (κ2) is 8.79. The van der Waals surface area contributed by atoms with E-state index in [-0.39, 0.29) is 5.92 Å². The summed E-state index contributed by atoms with van der Waals surface area (Å²) < 4.78 is 0. The van der Waals surface area contributed by atoms with E-state index in [4.69, 9.17) is 9.97 Å². The van der Waals surface area contributed by atoms with Gasteiger partial charge in [0.1, 0.15) is 5.82 Å². The second-order valence-electron chi connectivity index (χ2n) is 8.30. The fourth-order valence-corrected chi connectivity index (χ4v) is 4.41. The third kappa shape index (κ3) is 3.88. The number of benzene rings is 4. The summed E-state index contributed by atoms with van der Waals surface area (Å²) in [6, 6.07) is 35.4. The highest BCUT2D eigenvalue weighted by atomic mass is 15.0. The van der Waals surface area contributed by atoms with Gasteiger partial charge in [-0.2, -0.15) is 0 Å². The molecular formula is C29H23N5. The first kappa shape index (κ1) is 20.1. The van der Waals surface area contributed by atoms with Crippen LogP contribution in [0.3, 0.4) is 0 Å². The van der Waals surface area contributed by atoms with Gasteiger partial charge < -0.3 is 10.3 Å². The molecule has 6 aromatic rings. The summed E-state index contributed by atoms with van der Waals surface area (Å²) in [5.74, 6) is 1.72. The van der Waals surface area contributed by atoms with Crippen molar-refractivity contribution < 1.29 is 0 Å². The van der Waals surface area contributed by atoms with Crippen molar-refractivity contribution in [1.29, 1.82) is 0 Å². The van der Waals surface area contributed by atoms with Crippen LogP contribution in [0.4, 0.5) is 5.82 Å². The molecule has 0 radical (unpaired) electrons. The Bertz CT molecular complexity index is 1520. The van der Waals surface area contributed by atoms with Gasteiger partial charge in [-0.25, -0.2) is 15.0 Å². The Morgan fingerprint density at radius 3 is 2.18 bits per heavy atom. The molecule has 0 aliphatic heterocycles. The number of H-pyrrole nitrogens is 1. The van der Waals surface area contributed by atoms with Crippen molar-refractivity contribution in [2.24, 2.45) is 0 Å². The molecule has 0 spiro atoms. The van der Waals surface area contributed by atoms with Gasteiger partial charge in [-0.05, 0) is 41.5 Å². The summed E-state index contributed by atoms with van der Waals surface area (Å²) in [5, 5.41) is 4.66. The number of hydrogen-bond donors (Lipinski definition) is 2. The van der Waals surface area contributed by atoms with E-state index in [9.17, 15) is 0 Å². The first-order valence-electron chi connectivity index (χ1n) is 11.4. The highest BCUT2D eigenvalue weighted by molar-refractivity contribution is 5.91. The third-order valence-corrected chi connectivity index (χ3v) is 6.16. The molecular weight excluding hydrogens is 418 g/mol. The van der Waals surface area contributed by atoms with Crippen molar-refractivity contribution in [3.05, 3.63) is 121 Å². The van der Waals surface area contributed by atoms with E-state index in [1.54, 1.807) is 6.33 Å². The molecule has 2 N–H and O–H groups in total. The number of hydrogen-bond acceptors (Lipinski definition) is 4. The van der Waals surface area contributed by atoms with Crippen molar-refractivity contribution in [3.8, 4) is 11.4 Å². The molecule has 0 aliphatic rings. The van der Waals surface area contributed by atoms with Crippen LogP contribution in [-0.4, -0.2) is 26.5 Å². The van der Waals surface area contributed by atoms with Crippen LogP contribution >= 0.6 is 0 Å². The van der Waals surface area contributed by atoms with Crippen LogP contribution in [-0.2, 0) is 0 Å². The van der Waals surface area contributed by atoms with Gasteiger partial charge in [-0.1, -0.05) is 72.8 Å². The number of nitrogens with one attached hydrogen (secondary N) is 2. The summed E-state index contributed by atoms with van der Waals surface area (Å²) in [5.41, 5.74) is 6.30. The quantitative estimate of drug-likeness (QED) is 0.313. The summed E-state index contributed by atoms with van der Waals surface area (Å²) in [6.45, 7) is 0.716. The van der Waals surface area contributed by atoms with E-state index in [2.05, 4.69) is 82.0 Å². The van der Waals surface area contributed by atoms with Crippen LogP contribution in [0.1, 0.15) is 17.0 Å². The average molecular weight is 442 g/mol. The normalized spacial score (nSPS) is 11.3. The fourth-order valence-electron chi connectivity index (χ4n) is 4.41. The Morgan fingerprint density at radius 1 is 0.706 bits per heavy atom. The maximum atomic E-state index is 4.97. The topological polar surface area (TPSA) is 66.5 Å². The lowest BCUT2D eigenvalue weighted by atomic mass is 9.91. The first-order chi connectivity index (χ1) is 16.8. The molecule has 0 fully saturated rings. The minimum Gasteiger partial charge on any atom is -0.368 e. The molecule has 0 amide bonds. The van der Waals surface area contributed by atoms with E-state index in [0.717, 1.165) is 33.3 Å². The molecule has 2 heterocycles.